The van der Waals surface area contributed by atoms with Gasteiger partial charge in [0.25, 0.3) is 0 Å². The minimum Gasteiger partial charge on any atom is -0.272 e. The molecule has 0 saturated heterocycles. The number of halogens is 1. The van der Waals surface area contributed by atoms with Gasteiger partial charge in [-0.3, -0.25) is 4.68 Å². The minimum atomic E-state index is -3.72. The number of aromatic nitrogens is 2. The lowest BCUT2D eigenvalue weighted by Crippen LogP contribution is -2.39. The first kappa shape index (κ1) is 18.6. The van der Waals surface area contributed by atoms with E-state index in [2.05, 4.69) is 5.10 Å². The predicted molar refractivity (Wildman–Crippen MR) is 101 cm³/mol. The number of benzene rings is 1. The molecule has 0 spiro atoms. The third-order valence-corrected chi connectivity index (χ3v) is 8.02. The van der Waals surface area contributed by atoms with E-state index in [1.54, 1.807) is 11.2 Å². The fourth-order valence-corrected chi connectivity index (χ4v) is 6.46. The Morgan fingerprint density at radius 1 is 1.22 bits per heavy atom. The van der Waals surface area contributed by atoms with E-state index in [9.17, 15) is 12.8 Å². The van der Waals surface area contributed by atoms with Crippen molar-refractivity contribution in [1.29, 1.82) is 0 Å². The highest BCUT2D eigenvalue weighted by Crippen LogP contribution is 2.33. The Hall–Kier alpha value is -1.73. The van der Waals surface area contributed by atoms with Gasteiger partial charge in [-0.05, 0) is 68.4 Å². The fraction of sp³-hybridized carbons (Fsp3) is 0.550. The zero-order chi connectivity index (χ0) is 19.2. The molecule has 1 aromatic carbocycles. The molecule has 1 saturated carbocycles. The lowest BCUT2D eigenvalue weighted by atomic mass is 10.2. The number of sulfonamides is 1. The van der Waals surface area contributed by atoms with Crippen LogP contribution in [0.2, 0.25) is 0 Å². The molecule has 5 nitrogen and oxygen atoms in total. The number of hydrogen-bond acceptors (Lipinski definition) is 3. The second-order valence-corrected chi connectivity index (χ2v) is 9.61. The van der Waals surface area contributed by atoms with Gasteiger partial charge in [-0.25, -0.2) is 12.8 Å². The molecule has 1 aromatic heterocycles. The summed E-state index contributed by atoms with van der Waals surface area (Å²) < 4.78 is 44.1. The molecular weight excluding hydrogens is 365 g/mol. The number of hydrogen-bond donors (Lipinski definition) is 0. The Kier molecular flexibility index (Phi) is 4.84. The van der Waals surface area contributed by atoms with Gasteiger partial charge in [0.05, 0.1) is 17.1 Å². The standard InChI is InChI=1S/C20H26FN3O2S/c1-14-12-15(21)10-11-20(14)27(25,26)24(16-6-3-4-7-16)13-18-17-8-5-9-19(17)23(2)22-18/h10-12,16H,3-9,13H2,1-2H3. The first-order chi connectivity index (χ1) is 12.9. The van der Waals surface area contributed by atoms with E-state index in [1.165, 1.54) is 29.5 Å². The molecule has 0 N–H and O–H groups in total. The number of fused-ring (bicyclic) bond motifs is 1. The highest BCUT2D eigenvalue weighted by molar-refractivity contribution is 7.89. The minimum absolute atomic E-state index is 0.0153. The van der Waals surface area contributed by atoms with Crippen molar-refractivity contribution in [3.8, 4) is 0 Å². The van der Waals surface area contributed by atoms with Crippen LogP contribution in [0.25, 0.3) is 0 Å². The van der Waals surface area contributed by atoms with Gasteiger partial charge in [0.15, 0.2) is 0 Å². The van der Waals surface area contributed by atoms with E-state index in [4.69, 9.17) is 0 Å². The second kappa shape index (κ2) is 7.02. The van der Waals surface area contributed by atoms with E-state index >= 15 is 0 Å². The third-order valence-electron chi connectivity index (χ3n) is 5.96. The fourth-order valence-electron chi connectivity index (χ4n) is 4.60. The van der Waals surface area contributed by atoms with Crippen LogP contribution in [0.15, 0.2) is 23.1 Å². The van der Waals surface area contributed by atoms with E-state index < -0.39 is 15.8 Å². The van der Waals surface area contributed by atoms with Crippen molar-refractivity contribution in [1.82, 2.24) is 14.1 Å². The average molecular weight is 392 g/mol. The maximum absolute atomic E-state index is 13.5. The average Bonchev–Trinajstić information content (AvgIpc) is 3.32. The van der Waals surface area contributed by atoms with Gasteiger partial charge in [-0.2, -0.15) is 9.40 Å². The molecule has 1 heterocycles. The van der Waals surface area contributed by atoms with Gasteiger partial charge in [0, 0.05) is 18.8 Å². The summed E-state index contributed by atoms with van der Waals surface area (Å²) in [4.78, 5) is 0.198. The summed E-state index contributed by atoms with van der Waals surface area (Å²) in [5.74, 6) is -0.415. The van der Waals surface area contributed by atoms with E-state index in [0.717, 1.165) is 50.6 Å². The molecular formula is C20H26FN3O2S. The molecule has 0 aliphatic heterocycles. The molecule has 146 valence electrons. The van der Waals surface area contributed by atoms with Crippen molar-refractivity contribution < 1.29 is 12.8 Å². The van der Waals surface area contributed by atoms with Crippen molar-refractivity contribution >= 4 is 10.0 Å². The quantitative estimate of drug-likeness (QED) is 0.784. The Labute approximate surface area is 160 Å². The molecule has 2 aliphatic carbocycles. The van der Waals surface area contributed by atoms with Crippen molar-refractivity contribution in [3.05, 3.63) is 46.5 Å². The van der Waals surface area contributed by atoms with Crippen LogP contribution in [0.1, 0.15) is 54.6 Å². The van der Waals surface area contributed by atoms with Crippen LogP contribution in [-0.4, -0.2) is 28.5 Å². The molecule has 4 rings (SSSR count). The van der Waals surface area contributed by atoms with Crippen molar-refractivity contribution in [2.75, 3.05) is 0 Å². The van der Waals surface area contributed by atoms with Crippen LogP contribution in [0.5, 0.6) is 0 Å². The van der Waals surface area contributed by atoms with Crippen LogP contribution in [0.4, 0.5) is 4.39 Å². The van der Waals surface area contributed by atoms with E-state index in [0.29, 0.717) is 12.1 Å². The molecule has 2 aliphatic rings. The van der Waals surface area contributed by atoms with Crippen molar-refractivity contribution in [2.45, 2.75) is 69.4 Å². The molecule has 7 heteroatoms. The molecule has 0 bridgehead atoms. The largest absolute Gasteiger partial charge is 0.272 e. The molecule has 0 atom stereocenters. The van der Waals surface area contributed by atoms with Gasteiger partial charge in [0.2, 0.25) is 10.0 Å². The third kappa shape index (κ3) is 3.31. The lowest BCUT2D eigenvalue weighted by Gasteiger charge is -2.28. The summed E-state index contributed by atoms with van der Waals surface area (Å²) in [6.07, 6.45) is 6.89. The lowest BCUT2D eigenvalue weighted by molar-refractivity contribution is 0.311. The van der Waals surface area contributed by atoms with Crippen molar-refractivity contribution in [3.63, 3.8) is 0 Å². The number of rotatable bonds is 5. The summed E-state index contributed by atoms with van der Waals surface area (Å²) >= 11 is 0. The van der Waals surface area contributed by atoms with Gasteiger partial charge >= 0.3 is 0 Å². The molecule has 0 radical (unpaired) electrons. The monoisotopic (exact) mass is 391 g/mol. The van der Waals surface area contributed by atoms with Gasteiger partial charge < -0.3 is 0 Å². The van der Waals surface area contributed by atoms with Crippen LogP contribution < -0.4 is 0 Å². The Balaban J connectivity index is 1.74. The maximum atomic E-state index is 13.5. The van der Waals surface area contributed by atoms with Gasteiger partial charge in [0.1, 0.15) is 5.82 Å². The van der Waals surface area contributed by atoms with Crippen LogP contribution in [0.3, 0.4) is 0 Å². The summed E-state index contributed by atoms with van der Waals surface area (Å²) in [7, 11) is -1.78. The number of nitrogens with zero attached hydrogens (tertiary/aromatic N) is 3. The highest BCUT2D eigenvalue weighted by Gasteiger charge is 2.36. The molecule has 2 aromatic rings. The van der Waals surface area contributed by atoms with Crippen LogP contribution in [0, 0.1) is 12.7 Å². The second-order valence-electron chi connectivity index (χ2n) is 7.75. The Morgan fingerprint density at radius 3 is 2.67 bits per heavy atom. The van der Waals surface area contributed by atoms with Gasteiger partial charge in [-0.1, -0.05) is 12.8 Å². The Bertz CT molecular complexity index is 962. The zero-order valence-corrected chi connectivity index (χ0v) is 16.7. The summed E-state index contributed by atoms with van der Waals surface area (Å²) in [6, 6.07) is 3.90. The predicted octanol–water partition coefficient (Wildman–Crippen LogP) is 3.49. The SMILES string of the molecule is Cc1cc(F)ccc1S(=O)(=O)N(Cc1nn(C)c2c1CCC2)C1CCCC1. The van der Waals surface area contributed by atoms with Crippen LogP contribution >= 0.6 is 0 Å². The van der Waals surface area contributed by atoms with Crippen LogP contribution in [-0.2, 0) is 36.5 Å². The van der Waals surface area contributed by atoms with Gasteiger partial charge in [-0.15, -0.1) is 0 Å². The topological polar surface area (TPSA) is 55.2 Å². The Morgan fingerprint density at radius 2 is 1.96 bits per heavy atom. The summed E-state index contributed by atoms with van der Waals surface area (Å²) in [6.45, 7) is 1.95. The molecule has 0 amide bonds. The normalized spacial score (nSPS) is 17.8. The smallest absolute Gasteiger partial charge is 0.243 e. The zero-order valence-electron chi connectivity index (χ0n) is 15.9. The number of aryl methyl sites for hydroxylation is 2. The molecule has 0 unspecified atom stereocenters. The molecule has 27 heavy (non-hydrogen) atoms. The van der Waals surface area contributed by atoms with Crippen molar-refractivity contribution in [2.24, 2.45) is 7.05 Å². The first-order valence-corrected chi connectivity index (χ1v) is 11.1. The van der Waals surface area contributed by atoms with E-state index in [-0.39, 0.29) is 10.9 Å². The maximum Gasteiger partial charge on any atom is 0.243 e. The summed E-state index contributed by atoms with van der Waals surface area (Å²) in [5, 5.41) is 4.64. The van der Waals surface area contributed by atoms with E-state index in [1.807, 2.05) is 11.7 Å². The summed E-state index contributed by atoms with van der Waals surface area (Å²) in [5.41, 5.74) is 3.77. The highest BCUT2D eigenvalue weighted by atomic mass is 32.2. The first-order valence-electron chi connectivity index (χ1n) is 9.69. The molecule has 1 fully saturated rings.